The van der Waals surface area contributed by atoms with Gasteiger partial charge in [-0.15, -0.1) is 0 Å². The van der Waals surface area contributed by atoms with Gasteiger partial charge in [0.2, 0.25) is 5.91 Å². The Balaban J connectivity index is 1.64. The molecule has 1 N–H and O–H groups in total. The van der Waals surface area contributed by atoms with Crippen LogP contribution < -0.4 is 5.32 Å². The van der Waals surface area contributed by atoms with Crippen molar-refractivity contribution < 1.29 is 4.79 Å². The zero-order valence-electron chi connectivity index (χ0n) is 13.0. The predicted molar refractivity (Wildman–Crippen MR) is 90.6 cm³/mol. The number of halogens is 1. The van der Waals surface area contributed by atoms with Gasteiger partial charge >= 0.3 is 0 Å². The first kappa shape index (κ1) is 15.6. The molecule has 0 aliphatic heterocycles. The lowest BCUT2D eigenvalue weighted by molar-refractivity contribution is -0.116. The van der Waals surface area contributed by atoms with Crippen LogP contribution in [0.5, 0.6) is 0 Å². The highest BCUT2D eigenvalue weighted by atomic mass is 35.5. The number of benzene rings is 1. The summed E-state index contributed by atoms with van der Waals surface area (Å²) in [6.07, 6.45) is 3.79. The average molecular weight is 332 g/mol. The number of anilines is 1. The summed E-state index contributed by atoms with van der Waals surface area (Å²) in [6, 6.07) is 7.97. The number of carbonyl (C=O) groups is 1. The van der Waals surface area contributed by atoms with Crippen molar-refractivity contribution in [3.63, 3.8) is 0 Å². The summed E-state index contributed by atoms with van der Waals surface area (Å²) in [5.74, 6) is -0.0796. The predicted octanol–water partition coefficient (Wildman–Crippen LogP) is 3.50. The van der Waals surface area contributed by atoms with Crippen LogP contribution in [0.15, 0.2) is 36.7 Å². The lowest BCUT2D eigenvalue weighted by Crippen LogP contribution is -2.14. The molecule has 1 aromatic carbocycles. The summed E-state index contributed by atoms with van der Waals surface area (Å²) in [5.41, 5.74) is 1.63. The van der Waals surface area contributed by atoms with Gasteiger partial charge in [0.25, 0.3) is 0 Å². The zero-order valence-corrected chi connectivity index (χ0v) is 13.8. The molecule has 3 rings (SSSR count). The first-order valence-corrected chi connectivity index (χ1v) is 7.87. The van der Waals surface area contributed by atoms with E-state index >= 15 is 0 Å². The fourth-order valence-electron chi connectivity index (χ4n) is 2.37. The smallest absolute Gasteiger partial charge is 0.226 e. The van der Waals surface area contributed by atoms with Gasteiger partial charge in [-0.2, -0.15) is 10.2 Å². The fraction of sp³-hybridized carbons (Fsp3) is 0.312. The highest BCUT2D eigenvalue weighted by Crippen LogP contribution is 2.22. The Labute approximate surface area is 139 Å². The molecule has 120 valence electrons. The fourth-order valence-corrected chi connectivity index (χ4v) is 2.62. The Morgan fingerprint density at radius 2 is 2.13 bits per heavy atom. The monoisotopic (exact) mass is 331 g/mol. The van der Waals surface area contributed by atoms with E-state index in [1.807, 2.05) is 44.3 Å². The molecule has 2 heterocycles. The molecule has 0 saturated heterocycles. The van der Waals surface area contributed by atoms with E-state index in [-0.39, 0.29) is 11.9 Å². The van der Waals surface area contributed by atoms with Crippen LogP contribution in [0.4, 0.5) is 5.69 Å². The third-order valence-electron chi connectivity index (χ3n) is 3.58. The largest absolute Gasteiger partial charge is 0.323 e. The number of fused-ring (bicyclic) bond motifs is 1. The second-order valence-corrected chi connectivity index (χ2v) is 5.99. The van der Waals surface area contributed by atoms with E-state index in [0.29, 0.717) is 23.8 Å². The van der Waals surface area contributed by atoms with Crippen LogP contribution in [0.3, 0.4) is 0 Å². The summed E-state index contributed by atoms with van der Waals surface area (Å²) in [6.45, 7) is 4.54. The van der Waals surface area contributed by atoms with Crippen LogP contribution in [0.1, 0.15) is 26.3 Å². The maximum Gasteiger partial charge on any atom is 0.226 e. The molecule has 1 amide bonds. The van der Waals surface area contributed by atoms with Crippen LogP contribution in [-0.4, -0.2) is 25.5 Å². The molecule has 6 nitrogen and oxygen atoms in total. The number of aromatic nitrogens is 4. The third-order valence-corrected chi connectivity index (χ3v) is 3.86. The van der Waals surface area contributed by atoms with Crippen molar-refractivity contribution in [2.24, 2.45) is 0 Å². The lowest BCUT2D eigenvalue weighted by Gasteiger charge is -2.05. The number of nitrogens with zero attached hydrogens (tertiary/aromatic N) is 4. The molecule has 0 fully saturated rings. The SMILES string of the molecule is CC(C)n1cc(NC(=O)CCn2nc(Cl)c3ccccc32)cn1. The van der Waals surface area contributed by atoms with Crippen LogP contribution in [0, 0.1) is 0 Å². The van der Waals surface area contributed by atoms with E-state index in [1.54, 1.807) is 15.6 Å². The number of hydrogen-bond donors (Lipinski definition) is 1. The third kappa shape index (κ3) is 3.37. The number of amides is 1. The molecule has 0 spiro atoms. The van der Waals surface area contributed by atoms with Crippen LogP contribution >= 0.6 is 11.6 Å². The van der Waals surface area contributed by atoms with Gasteiger partial charge in [0.1, 0.15) is 0 Å². The molecule has 0 aliphatic rings. The van der Waals surface area contributed by atoms with Crippen molar-refractivity contribution in [3.8, 4) is 0 Å². The maximum absolute atomic E-state index is 12.1. The number of hydrogen-bond acceptors (Lipinski definition) is 3. The topological polar surface area (TPSA) is 64.7 Å². The summed E-state index contributed by atoms with van der Waals surface area (Å²) >= 11 is 6.11. The number of nitrogens with one attached hydrogen (secondary N) is 1. The average Bonchev–Trinajstić information content (AvgIpc) is 3.11. The van der Waals surface area contributed by atoms with E-state index in [0.717, 1.165) is 10.9 Å². The number of carbonyl (C=O) groups excluding carboxylic acids is 1. The van der Waals surface area contributed by atoms with Crippen LogP contribution in [0.25, 0.3) is 10.9 Å². The molecular weight excluding hydrogens is 314 g/mol. The summed E-state index contributed by atoms with van der Waals surface area (Å²) < 4.78 is 3.56. The van der Waals surface area contributed by atoms with Gasteiger partial charge in [0.05, 0.1) is 23.9 Å². The molecule has 7 heteroatoms. The minimum atomic E-state index is -0.0796. The second-order valence-electron chi connectivity index (χ2n) is 5.63. The Hall–Kier alpha value is -2.34. The second kappa shape index (κ2) is 6.42. The van der Waals surface area contributed by atoms with Crippen molar-refractivity contribution in [2.75, 3.05) is 5.32 Å². The first-order valence-electron chi connectivity index (χ1n) is 7.49. The van der Waals surface area contributed by atoms with Crippen molar-refractivity contribution in [3.05, 3.63) is 41.8 Å². The van der Waals surface area contributed by atoms with Crippen LogP contribution in [-0.2, 0) is 11.3 Å². The molecule has 0 atom stereocenters. The minimum Gasteiger partial charge on any atom is -0.323 e. The first-order chi connectivity index (χ1) is 11.0. The highest BCUT2D eigenvalue weighted by Gasteiger charge is 2.10. The molecule has 0 aliphatic carbocycles. The van der Waals surface area contributed by atoms with Crippen molar-refractivity contribution in [1.29, 1.82) is 0 Å². The molecule has 2 aromatic heterocycles. The highest BCUT2D eigenvalue weighted by molar-refractivity contribution is 6.34. The molecular formula is C16H18ClN5O. The Morgan fingerprint density at radius 3 is 2.87 bits per heavy atom. The lowest BCUT2D eigenvalue weighted by atomic mass is 10.2. The van der Waals surface area contributed by atoms with Crippen molar-refractivity contribution >= 4 is 34.1 Å². The van der Waals surface area contributed by atoms with E-state index in [9.17, 15) is 4.79 Å². The molecule has 3 aromatic rings. The van der Waals surface area contributed by atoms with E-state index in [1.165, 1.54) is 0 Å². The molecule has 0 saturated carbocycles. The van der Waals surface area contributed by atoms with E-state index in [2.05, 4.69) is 15.5 Å². The standard InChI is InChI=1S/C16H18ClN5O/c1-11(2)22-10-12(9-18-22)19-15(23)7-8-21-14-6-4-3-5-13(14)16(17)20-21/h3-6,9-11H,7-8H2,1-2H3,(H,19,23). The van der Waals surface area contributed by atoms with Crippen molar-refractivity contribution in [1.82, 2.24) is 19.6 Å². The maximum atomic E-state index is 12.1. The van der Waals surface area contributed by atoms with E-state index in [4.69, 9.17) is 11.6 Å². The summed E-state index contributed by atoms with van der Waals surface area (Å²) in [4.78, 5) is 12.1. The Morgan fingerprint density at radius 1 is 1.35 bits per heavy atom. The normalized spacial score (nSPS) is 11.3. The Bertz CT molecular complexity index is 836. The van der Waals surface area contributed by atoms with Gasteiger partial charge in [-0.25, -0.2) is 0 Å². The minimum absolute atomic E-state index is 0.0796. The molecule has 0 unspecified atom stereocenters. The number of rotatable bonds is 5. The van der Waals surface area contributed by atoms with Gasteiger partial charge < -0.3 is 5.32 Å². The van der Waals surface area contributed by atoms with E-state index < -0.39 is 0 Å². The Kier molecular flexibility index (Phi) is 4.34. The van der Waals surface area contributed by atoms with Gasteiger partial charge in [0, 0.05) is 24.0 Å². The summed E-state index contributed by atoms with van der Waals surface area (Å²) in [7, 11) is 0. The summed E-state index contributed by atoms with van der Waals surface area (Å²) in [5, 5.41) is 12.7. The van der Waals surface area contributed by atoms with Gasteiger partial charge in [0.15, 0.2) is 5.15 Å². The molecule has 23 heavy (non-hydrogen) atoms. The quantitative estimate of drug-likeness (QED) is 0.778. The van der Waals surface area contributed by atoms with Gasteiger partial charge in [-0.05, 0) is 26.0 Å². The zero-order chi connectivity index (χ0) is 16.4. The number of para-hydroxylation sites is 1. The van der Waals surface area contributed by atoms with Crippen molar-refractivity contribution in [2.45, 2.75) is 32.9 Å². The van der Waals surface area contributed by atoms with Crippen LogP contribution in [0.2, 0.25) is 5.15 Å². The van der Waals surface area contributed by atoms with Gasteiger partial charge in [-0.3, -0.25) is 14.2 Å². The molecule has 0 radical (unpaired) electrons. The number of aryl methyl sites for hydroxylation is 1. The van der Waals surface area contributed by atoms with Gasteiger partial charge in [-0.1, -0.05) is 23.7 Å². The molecule has 0 bridgehead atoms.